The predicted octanol–water partition coefficient (Wildman–Crippen LogP) is 4.54. The third kappa shape index (κ3) is 4.53. The Balaban J connectivity index is 1.31. The topological polar surface area (TPSA) is 45.7 Å². The normalized spacial score (nSPS) is 14.6. The molecule has 29 heavy (non-hydrogen) atoms. The number of amides is 1. The number of thiazole rings is 1. The van der Waals surface area contributed by atoms with Crippen molar-refractivity contribution in [3.05, 3.63) is 54.1 Å². The fourth-order valence-electron chi connectivity index (χ4n) is 3.64. The predicted molar refractivity (Wildman–Crippen MR) is 119 cm³/mol. The number of nitrogens with zero attached hydrogens (tertiary/aromatic N) is 3. The van der Waals surface area contributed by atoms with Gasteiger partial charge in [-0.1, -0.05) is 55.5 Å². The van der Waals surface area contributed by atoms with Crippen LogP contribution in [-0.4, -0.2) is 48.6 Å². The van der Waals surface area contributed by atoms with Crippen molar-refractivity contribution in [2.24, 2.45) is 0 Å². The maximum atomic E-state index is 12.5. The average Bonchev–Trinajstić information content (AvgIpc) is 3.19. The van der Waals surface area contributed by atoms with Gasteiger partial charge in [-0.2, -0.15) is 0 Å². The van der Waals surface area contributed by atoms with Crippen LogP contribution in [0, 0.1) is 0 Å². The van der Waals surface area contributed by atoms with E-state index >= 15 is 0 Å². The maximum absolute atomic E-state index is 12.5. The van der Waals surface area contributed by atoms with Crippen LogP contribution in [0.25, 0.3) is 10.2 Å². The second-order valence-electron chi connectivity index (χ2n) is 7.62. The van der Waals surface area contributed by atoms with Crippen LogP contribution >= 0.6 is 11.3 Å². The first-order valence-electron chi connectivity index (χ1n) is 10.2. The first kappa shape index (κ1) is 19.7. The third-order valence-corrected chi connectivity index (χ3v) is 6.37. The van der Waals surface area contributed by atoms with E-state index in [1.165, 1.54) is 10.3 Å². The van der Waals surface area contributed by atoms with Gasteiger partial charge >= 0.3 is 0 Å². The SMILES string of the molecule is CC(C)c1cccc2sc(N3CCN(C(=O)CCOc4ccccc4)CC3)nc12. The van der Waals surface area contributed by atoms with E-state index in [0.29, 0.717) is 18.9 Å². The summed E-state index contributed by atoms with van der Waals surface area (Å²) in [7, 11) is 0. The third-order valence-electron chi connectivity index (χ3n) is 5.29. The summed E-state index contributed by atoms with van der Waals surface area (Å²) >= 11 is 1.75. The molecule has 0 atom stereocenters. The lowest BCUT2D eigenvalue weighted by Crippen LogP contribution is -2.49. The van der Waals surface area contributed by atoms with E-state index in [1.54, 1.807) is 11.3 Å². The number of benzene rings is 2. The Morgan fingerprint density at radius 1 is 1.07 bits per heavy atom. The van der Waals surface area contributed by atoms with Crippen LogP contribution in [0.1, 0.15) is 31.7 Å². The summed E-state index contributed by atoms with van der Waals surface area (Å²) in [5.74, 6) is 1.43. The second-order valence-corrected chi connectivity index (χ2v) is 8.63. The first-order chi connectivity index (χ1) is 14.1. The van der Waals surface area contributed by atoms with E-state index in [0.717, 1.165) is 42.6 Å². The number of anilines is 1. The monoisotopic (exact) mass is 409 g/mol. The van der Waals surface area contributed by atoms with Crippen LogP contribution in [-0.2, 0) is 4.79 Å². The lowest BCUT2D eigenvalue weighted by molar-refractivity contribution is -0.132. The molecule has 3 aromatic rings. The highest BCUT2D eigenvalue weighted by molar-refractivity contribution is 7.22. The minimum Gasteiger partial charge on any atom is -0.493 e. The molecule has 2 aromatic carbocycles. The van der Waals surface area contributed by atoms with Crippen molar-refractivity contribution in [1.29, 1.82) is 0 Å². The largest absolute Gasteiger partial charge is 0.493 e. The lowest BCUT2D eigenvalue weighted by atomic mass is 10.0. The van der Waals surface area contributed by atoms with Crippen molar-refractivity contribution < 1.29 is 9.53 Å². The number of rotatable bonds is 6. The van der Waals surface area contributed by atoms with Crippen LogP contribution in [0.15, 0.2) is 48.5 Å². The number of carbonyl (C=O) groups excluding carboxylic acids is 1. The number of hydrogen-bond acceptors (Lipinski definition) is 5. The van der Waals surface area contributed by atoms with Crippen molar-refractivity contribution in [2.45, 2.75) is 26.2 Å². The van der Waals surface area contributed by atoms with E-state index in [2.05, 4.69) is 36.9 Å². The van der Waals surface area contributed by atoms with Gasteiger partial charge in [0.1, 0.15) is 5.75 Å². The van der Waals surface area contributed by atoms with Gasteiger partial charge in [-0.25, -0.2) is 4.98 Å². The van der Waals surface area contributed by atoms with Gasteiger partial charge in [-0.15, -0.1) is 0 Å². The zero-order valence-electron chi connectivity index (χ0n) is 17.0. The van der Waals surface area contributed by atoms with Crippen molar-refractivity contribution in [2.75, 3.05) is 37.7 Å². The molecule has 0 spiro atoms. The van der Waals surface area contributed by atoms with Crippen molar-refractivity contribution in [3.8, 4) is 5.75 Å². The van der Waals surface area contributed by atoms with Crippen LogP contribution in [0.5, 0.6) is 5.75 Å². The molecule has 0 aliphatic carbocycles. The molecule has 0 saturated carbocycles. The number of hydrogen-bond donors (Lipinski definition) is 0. The quantitative estimate of drug-likeness (QED) is 0.600. The lowest BCUT2D eigenvalue weighted by Gasteiger charge is -2.34. The number of ether oxygens (including phenoxy) is 1. The van der Waals surface area contributed by atoms with Crippen molar-refractivity contribution in [3.63, 3.8) is 0 Å². The Labute approximate surface area is 175 Å². The summed E-state index contributed by atoms with van der Waals surface area (Å²) < 4.78 is 6.89. The molecule has 0 unspecified atom stereocenters. The van der Waals surface area contributed by atoms with E-state index in [1.807, 2.05) is 35.2 Å². The summed E-state index contributed by atoms with van der Waals surface area (Å²) in [6.45, 7) is 7.94. The van der Waals surface area contributed by atoms with Gasteiger partial charge in [0.25, 0.3) is 0 Å². The molecule has 1 fully saturated rings. The zero-order valence-corrected chi connectivity index (χ0v) is 17.8. The Morgan fingerprint density at radius 2 is 1.83 bits per heavy atom. The van der Waals surface area contributed by atoms with Crippen LogP contribution in [0.3, 0.4) is 0 Å². The summed E-state index contributed by atoms with van der Waals surface area (Å²) in [5, 5.41) is 1.06. The number of piperazine rings is 1. The van der Waals surface area contributed by atoms with E-state index in [4.69, 9.17) is 9.72 Å². The van der Waals surface area contributed by atoms with Crippen molar-refractivity contribution in [1.82, 2.24) is 9.88 Å². The van der Waals surface area contributed by atoms with Gasteiger partial charge in [0.2, 0.25) is 5.91 Å². The maximum Gasteiger partial charge on any atom is 0.226 e. The van der Waals surface area contributed by atoms with E-state index < -0.39 is 0 Å². The van der Waals surface area contributed by atoms with Gasteiger partial charge in [-0.3, -0.25) is 4.79 Å². The Kier molecular flexibility index (Phi) is 6.00. The molecule has 5 nitrogen and oxygen atoms in total. The minimum absolute atomic E-state index is 0.159. The highest BCUT2D eigenvalue weighted by Crippen LogP contribution is 2.33. The molecule has 1 amide bonds. The molecule has 1 aromatic heterocycles. The van der Waals surface area contributed by atoms with Gasteiger partial charge in [0.15, 0.2) is 5.13 Å². The fraction of sp³-hybridized carbons (Fsp3) is 0.391. The number of carbonyl (C=O) groups is 1. The van der Waals surface area contributed by atoms with Crippen LogP contribution in [0.4, 0.5) is 5.13 Å². The fourth-order valence-corrected chi connectivity index (χ4v) is 4.69. The van der Waals surface area contributed by atoms with Crippen molar-refractivity contribution >= 4 is 32.6 Å². The molecule has 6 heteroatoms. The molecular weight excluding hydrogens is 382 g/mol. The highest BCUT2D eigenvalue weighted by atomic mass is 32.1. The standard InChI is InChI=1S/C23H27N3O2S/c1-17(2)19-9-6-10-20-22(19)24-23(29-20)26-14-12-25(13-15-26)21(27)11-16-28-18-7-4-3-5-8-18/h3-10,17H,11-16H2,1-2H3. The summed E-state index contributed by atoms with van der Waals surface area (Å²) in [4.78, 5) is 21.7. The summed E-state index contributed by atoms with van der Waals surface area (Å²) in [6.07, 6.45) is 0.410. The van der Waals surface area contributed by atoms with E-state index in [9.17, 15) is 4.79 Å². The van der Waals surface area contributed by atoms with Gasteiger partial charge in [0, 0.05) is 26.2 Å². The molecule has 152 valence electrons. The molecule has 1 aliphatic rings. The molecule has 0 N–H and O–H groups in total. The van der Waals surface area contributed by atoms with Gasteiger partial charge in [-0.05, 0) is 29.7 Å². The number of aromatic nitrogens is 1. The Hall–Kier alpha value is -2.60. The molecule has 0 bridgehead atoms. The molecule has 2 heterocycles. The Morgan fingerprint density at radius 3 is 2.55 bits per heavy atom. The highest BCUT2D eigenvalue weighted by Gasteiger charge is 2.23. The summed E-state index contributed by atoms with van der Waals surface area (Å²) in [5.41, 5.74) is 2.43. The molecular formula is C23H27N3O2S. The van der Waals surface area contributed by atoms with Crippen LogP contribution in [0.2, 0.25) is 0 Å². The molecule has 1 saturated heterocycles. The Bertz CT molecular complexity index is 963. The smallest absolute Gasteiger partial charge is 0.226 e. The van der Waals surface area contributed by atoms with E-state index in [-0.39, 0.29) is 5.91 Å². The van der Waals surface area contributed by atoms with Gasteiger partial charge < -0.3 is 14.5 Å². The first-order valence-corrected chi connectivity index (χ1v) is 11.0. The second kappa shape index (κ2) is 8.82. The van der Waals surface area contributed by atoms with Crippen LogP contribution < -0.4 is 9.64 Å². The average molecular weight is 410 g/mol. The van der Waals surface area contributed by atoms with Gasteiger partial charge in [0.05, 0.1) is 23.2 Å². The zero-order chi connectivity index (χ0) is 20.2. The molecule has 0 radical (unpaired) electrons. The minimum atomic E-state index is 0.159. The molecule has 4 rings (SSSR count). The number of para-hydroxylation sites is 2. The number of fused-ring (bicyclic) bond motifs is 1. The molecule has 1 aliphatic heterocycles. The summed E-state index contributed by atoms with van der Waals surface area (Å²) in [6, 6.07) is 16.1.